The first-order valence-electron chi connectivity index (χ1n) is 11.8. The van der Waals surface area contributed by atoms with Crippen LogP contribution in [0, 0.1) is 13.8 Å². The van der Waals surface area contributed by atoms with Crippen LogP contribution in [0.15, 0.2) is 78.9 Å². The van der Waals surface area contributed by atoms with Crippen molar-refractivity contribution in [1.29, 1.82) is 0 Å². The van der Waals surface area contributed by atoms with Crippen molar-refractivity contribution in [1.82, 2.24) is 0 Å². The molecule has 1 heterocycles. The molecular weight excluding hydrogens is 460 g/mol. The van der Waals surface area contributed by atoms with Gasteiger partial charge in [-0.25, -0.2) is 9.59 Å². The molecule has 1 fully saturated rings. The average Bonchev–Trinajstić information content (AvgIpc) is 2.88. The van der Waals surface area contributed by atoms with Crippen LogP contribution in [0.5, 0.6) is 0 Å². The standard InChI is InChI=1S/C29H30O7/c1-19-9-13-22(14-10-19)26(30)35-24-18-33-28(32)29(3,34-17-21-7-5-4-6-8-21)25(24)36-27(31)23-15-11-20(2)12-16-23/h4-16,24-25,28,32H,17-18H2,1-3H3/t24-,25-,28?,29-/m1/s1. The Hall–Kier alpha value is -3.52. The van der Waals surface area contributed by atoms with Crippen LogP contribution in [0.3, 0.4) is 0 Å². The molecule has 0 saturated carbocycles. The van der Waals surface area contributed by atoms with E-state index in [0.717, 1.165) is 16.7 Å². The van der Waals surface area contributed by atoms with E-state index in [9.17, 15) is 14.7 Å². The Morgan fingerprint density at radius 2 is 1.39 bits per heavy atom. The van der Waals surface area contributed by atoms with Crippen LogP contribution < -0.4 is 0 Å². The summed E-state index contributed by atoms with van der Waals surface area (Å²) in [4.78, 5) is 26.0. The third-order valence-electron chi connectivity index (χ3n) is 6.27. The van der Waals surface area contributed by atoms with E-state index >= 15 is 0 Å². The number of carbonyl (C=O) groups excluding carboxylic acids is 2. The fourth-order valence-corrected chi connectivity index (χ4v) is 3.97. The van der Waals surface area contributed by atoms with Crippen LogP contribution in [0.1, 0.15) is 44.3 Å². The average molecular weight is 491 g/mol. The predicted molar refractivity (Wildman–Crippen MR) is 132 cm³/mol. The number of hydrogen-bond donors (Lipinski definition) is 1. The van der Waals surface area contributed by atoms with Gasteiger partial charge in [0, 0.05) is 0 Å². The zero-order valence-electron chi connectivity index (χ0n) is 20.5. The molecule has 1 unspecified atom stereocenters. The van der Waals surface area contributed by atoms with Crippen LogP contribution in [-0.4, -0.2) is 47.8 Å². The number of aryl methyl sites for hydroxylation is 2. The minimum atomic E-state index is -1.52. The number of rotatable bonds is 7. The second-order valence-electron chi connectivity index (χ2n) is 9.15. The van der Waals surface area contributed by atoms with Crippen molar-refractivity contribution in [2.75, 3.05) is 6.61 Å². The largest absolute Gasteiger partial charge is 0.452 e. The Balaban J connectivity index is 1.61. The summed E-state index contributed by atoms with van der Waals surface area (Å²) in [7, 11) is 0. The molecule has 1 saturated heterocycles. The van der Waals surface area contributed by atoms with Crippen LogP contribution in [0.4, 0.5) is 0 Å². The first-order chi connectivity index (χ1) is 17.3. The molecule has 0 bridgehead atoms. The maximum Gasteiger partial charge on any atom is 0.338 e. The molecule has 7 nitrogen and oxygen atoms in total. The minimum absolute atomic E-state index is 0.120. The molecule has 3 aromatic rings. The first kappa shape index (κ1) is 25.6. The number of esters is 2. The van der Waals surface area contributed by atoms with Gasteiger partial charge in [0.15, 0.2) is 24.1 Å². The molecule has 0 radical (unpaired) electrons. The van der Waals surface area contributed by atoms with E-state index < -0.39 is 36.0 Å². The highest BCUT2D eigenvalue weighted by molar-refractivity contribution is 5.90. The van der Waals surface area contributed by atoms with Gasteiger partial charge in [-0.1, -0.05) is 65.7 Å². The molecule has 0 aromatic heterocycles. The van der Waals surface area contributed by atoms with Gasteiger partial charge in [0.25, 0.3) is 0 Å². The van der Waals surface area contributed by atoms with E-state index in [2.05, 4.69) is 0 Å². The Bertz CT molecular complexity index is 1170. The summed E-state index contributed by atoms with van der Waals surface area (Å²) in [6, 6.07) is 23.2. The van der Waals surface area contributed by atoms with Gasteiger partial charge in [-0.05, 0) is 50.6 Å². The summed E-state index contributed by atoms with van der Waals surface area (Å²) in [5.74, 6) is -1.22. The van der Waals surface area contributed by atoms with E-state index in [1.165, 1.54) is 0 Å². The number of carbonyl (C=O) groups is 2. The lowest BCUT2D eigenvalue weighted by atomic mass is 9.90. The fraction of sp³-hybridized carbons (Fsp3) is 0.310. The zero-order valence-corrected chi connectivity index (χ0v) is 20.5. The van der Waals surface area contributed by atoms with E-state index in [4.69, 9.17) is 18.9 Å². The number of aliphatic hydroxyl groups excluding tert-OH is 1. The zero-order chi connectivity index (χ0) is 25.7. The van der Waals surface area contributed by atoms with Crippen LogP contribution in [-0.2, 0) is 25.6 Å². The molecule has 4 rings (SSSR count). The normalized spacial score (nSPS) is 23.6. The molecule has 188 valence electrons. The highest BCUT2D eigenvalue weighted by Crippen LogP contribution is 2.34. The molecule has 0 spiro atoms. The lowest BCUT2D eigenvalue weighted by Crippen LogP contribution is -2.64. The quantitative estimate of drug-likeness (QED) is 0.492. The Kier molecular flexibility index (Phi) is 7.84. The highest BCUT2D eigenvalue weighted by Gasteiger charge is 2.54. The number of ether oxygens (including phenoxy) is 4. The number of benzene rings is 3. The fourth-order valence-electron chi connectivity index (χ4n) is 3.97. The smallest absolute Gasteiger partial charge is 0.338 e. The summed E-state index contributed by atoms with van der Waals surface area (Å²) in [5.41, 5.74) is 2.01. The minimum Gasteiger partial charge on any atom is -0.452 e. The molecular formula is C29H30O7. The van der Waals surface area contributed by atoms with E-state index in [0.29, 0.717) is 11.1 Å². The SMILES string of the molecule is Cc1ccc(C(=O)O[C@@H]2[C@H](OC(=O)c3ccc(C)cc3)COC(O)[C@]2(C)OCc2ccccc2)cc1. The van der Waals surface area contributed by atoms with Crippen molar-refractivity contribution >= 4 is 11.9 Å². The Morgan fingerprint density at radius 3 is 1.94 bits per heavy atom. The summed E-state index contributed by atoms with van der Waals surface area (Å²) in [6.07, 6.45) is -3.59. The van der Waals surface area contributed by atoms with Gasteiger partial charge in [-0.2, -0.15) is 0 Å². The second kappa shape index (κ2) is 11.0. The van der Waals surface area contributed by atoms with Crippen molar-refractivity contribution < 1.29 is 33.6 Å². The molecule has 4 atom stereocenters. The number of hydrogen-bond acceptors (Lipinski definition) is 7. The number of aliphatic hydroxyl groups is 1. The van der Waals surface area contributed by atoms with Gasteiger partial charge in [0.2, 0.25) is 0 Å². The monoisotopic (exact) mass is 490 g/mol. The Morgan fingerprint density at radius 1 is 0.861 bits per heavy atom. The lowest BCUT2D eigenvalue weighted by molar-refractivity contribution is -0.311. The molecule has 1 aliphatic heterocycles. The lowest BCUT2D eigenvalue weighted by Gasteiger charge is -2.46. The summed E-state index contributed by atoms with van der Waals surface area (Å²) < 4.78 is 23.3. The molecule has 1 N–H and O–H groups in total. The van der Waals surface area contributed by atoms with Crippen LogP contribution >= 0.6 is 0 Å². The summed E-state index contributed by atoms with van der Waals surface area (Å²) in [6.45, 7) is 5.37. The molecule has 7 heteroatoms. The molecule has 0 amide bonds. The van der Waals surface area contributed by atoms with E-state index in [1.807, 2.05) is 44.2 Å². The van der Waals surface area contributed by atoms with E-state index in [-0.39, 0.29) is 13.2 Å². The van der Waals surface area contributed by atoms with Gasteiger partial charge < -0.3 is 24.1 Å². The Labute approximate surface area is 210 Å². The van der Waals surface area contributed by atoms with Gasteiger partial charge in [-0.15, -0.1) is 0 Å². The summed E-state index contributed by atoms with van der Waals surface area (Å²) in [5, 5.41) is 10.8. The van der Waals surface area contributed by atoms with Crippen LogP contribution in [0.25, 0.3) is 0 Å². The van der Waals surface area contributed by atoms with E-state index in [1.54, 1.807) is 55.5 Å². The van der Waals surface area contributed by atoms with Crippen molar-refractivity contribution in [2.45, 2.75) is 51.5 Å². The third-order valence-corrected chi connectivity index (χ3v) is 6.27. The van der Waals surface area contributed by atoms with Gasteiger partial charge in [0.05, 0.1) is 24.3 Å². The van der Waals surface area contributed by atoms with Gasteiger partial charge in [-0.3, -0.25) is 0 Å². The maximum absolute atomic E-state index is 13.1. The predicted octanol–water partition coefficient (Wildman–Crippen LogP) is 4.38. The van der Waals surface area contributed by atoms with Crippen molar-refractivity contribution in [2.24, 2.45) is 0 Å². The van der Waals surface area contributed by atoms with Gasteiger partial charge >= 0.3 is 11.9 Å². The highest BCUT2D eigenvalue weighted by atomic mass is 16.7. The summed E-state index contributed by atoms with van der Waals surface area (Å²) >= 11 is 0. The molecule has 1 aliphatic rings. The van der Waals surface area contributed by atoms with Crippen molar-refractivity contribution in [3.05, 3.63) is 107 Å². The second-order valence-corrected chi connectivity index (χ2v) is 9.15. The maximum atomic E-state index is 13.1. The van der Waals surface area contributed by atoms with Crippen molar-refractivity contribution in [3.8, 4) is 0 Å². The molecule has 0 aliphatic carbocycles. The molecule has 3 aromatic carbocycles. The molecule has 36 heavy (non-hydrogen) atoms. The van der Waals surface area contributed by atoms with Crippen molar-refractivity contribution in [3.63, 3.8) is 0 Å². The van der Waals surface area contributed by atoms with Crippen LogP contribution in [0.2, 0.25) is 0 Å². The first-order valence-corrected chi connectivity index (χ1v) is 11.8. The topological polar surface area (TPSA) is 91.3 Å². The van der Waals surface area contributed by atoms with Gasteiger partial charge in [0.1, 0.15) is 0 Å². The third kappa shape index (κ3) is 5.82.